The molecule has 3 rings (SSSR count). The Bertz CT molecular complexity index is 1300. The SMILES string of the molecule is CC(C)CN([C@H](CO)CCCCNC(=O)[C@@H]([AsH2])Cc1ccc2ccccc2c1)S(=O)(=O)c1ccc(N)cc1. The van der Waals surface area contributed by atoms with Crippen molar-refractivity contribution in [3.8, 4) is 0 Å². The first-order valence-corrected chi connectivity index (χ1v) is 15.9. The second-order valence-electron chi connectivity index (χ2n) is 10.2. The molecule has 0 heterocycles. The average molecular weight is 602 g/mol. The first-order valence-electron chi connectivity index (χ1n) is 13.1. The second kappa shape index (κ2) is 14.1. The van der Waals surface area contributed by atoms with Crippen molar-refractivity contribution in [2.45, 2.75) is 55.2 Å². The van der Waals surface area contributed by atoms with Gasteiger partial charge in [-0.1, -0.05) is 0 Å². The summed E-state index contributed by atoms with van der Waals surface area (Å²) in [4.78, 5) is 12.8. The van der Waals surface area contributed by atoms with Crippen LogP contribution in [0.5, 0.6) is 0 Å². The minimum atomic E-state index is -3.79. The minimum absolute atomic E-state index is 0.0317. The smallest absolute Gasteiger partial charge is 0.399 e. The number of aliphatic hydroxyl groups excluding tert-OH is 1. The van der Waals surface area contributed by atoms with Crippen molar-refractivity contribution >= 4 is 49.2 Å². The number of unbranched alkanes of at least 4 members (excludes halogenated alkanes) is 1. The van der Waals surface area contributed by atoms with Gasteiger partial charge >= 0.3 is 212 Å². The van der Waals surface area contributed by atoms with Crippen molar-refractivity contribution in [2.24, 2.45) is 5.92 Å². The number of benzene rings is 3. The first kappa shape index (κ1) is 30.2. The number of carbonyl (C=O) groups excluding carboxylic acids is 1. The van der Waals surface area contributed by atoms with Gasteiger partial charge in [-0.3, -0.25) is 0 Å². The number of rotatable bonds is 14. The summed E-state index contributed by atoms with van der Waals surface area (Å²) in [5.41, 5.74) is 7.37. The Labute approximate surface area is 235 Å². The van der Waals surface area contributed by atoms with Gasteiger partial charge in [0.05, 0.1) is 0 Å². The molecule has 0 saturated carbocycles. The molecule has 3 aromatic carbocycles. The zero-order valence-electron chi connectivity index (χ0n) is 22.2. The third-order valence-electron chi connectivity index (χ3n) is 6.52. The molecule has 7 nitrogen and oxygen atoms in total. The number of sulfonamides is 1. The van der Waals surface area contributed by atoms with Crippen LogP contribution < -0.4 is 11.1 Å². The van der Waals surface area contributed by atoms with Gasteiger partial charge in [0.1, 0.15) is 0 Å². The van der Waals surface area contributed by atoms with Gasteiger partial charge in [0.15, 0.2) is 0 Å². The number of nitrogens with one attached hydrogen (secondary N) is 1. The van der Waals surface area contributed by atoms with E-state index in [0.29, 0.717) is 44.5 Å². The number of fused-ring (bicyclic) bond motifs is 1. The molecule has 4 N–H and O–H groups in total. The van der Waals surface area contributed by atoms with Gasteiger partial charge in [-0.15, -0.1) is 0 Å². The number of nitrogens with two attached hydrogens (primary N) is 1. The van der Waals surface area contributed by atoms with E-state index in [4.69, 9.17) is 5.73 Å². The Morgan fingerprint density at radius 3 is 2.37 bits per heavy atom. The molecular formula is C29H40AsN3O4S. The van der Waals surface area contributed by atoms with Crippen LogP contribution in [0.4, 0.5) is 5.69 Å². The van der Waals surface area contributed by atoms with Gasteiger partial charge in [0.2, 0.25) is 0 Å². The second-order valence-corrected chi connectivity index (χ2v) is 13.7. The van der Waals surface area contributed by atoms with Crippen LogP contribution in [0.2, 0.25) is 4.71 Å². The summed E-state index contributed by atoms with van der Waals surface area (Å²) in [5, 5.41) is 15.5. The number of amides is 1. The molecule has 0 spiro atoms. The normalized spacial score (nSPS) is 13.6. The Balaban J connectivity index is 1.51. The average Bonchev–Trinajstić information content (AvgIpc) is 2.89. The quantitative estimate of drug-likeness (QED) is 0.149. The molecule has 1 unspecified atom stereocenters. The molecule has 1 amide bonds. The van der Waals surface area contributed by atoms with E-state index in [1.807, 2.05) is 26.0 Å². The molecular weight excluding hydrogens is 561 g/mol. The van der Waals surface area contributed by atoms with Crippen molar-refractivity contribution in [1.82, 2.24) is 9.62 Å². The van der Waals surface area contributed by atoms with Crippen molar-refractivity contribution in [3.05, 3.63) is 72.3 Å². The van der Waals surface area contributed by atoms with Crippen LogP contribution in [-0.2, 0) is 21.2 Å². The summed E-state index contributed by atoms with van der Waals surface area (Å²) in [6.07, 6.45) is 2.58. The Kier molecular flexibility index (Phi) is 11.2. The van der Waals surface area contributed by atoms with Crippen LogP contribution in [0.25, 0.3) is 10.8 Å². The van der Waals surface area contributed by atoms with E-state index in [-0.39, 0.29) is 28.0 Å². The molecule has 0 fully saturated rings. The number of carbonyl (C=O) groups is 1. The molecule has 0 radical (unpaired) electrons. The van der Waals surface area contributed by atoms with Gasteiger partial charge in [0, 0.05) is 5.69 Å². The minimum Gasteiger partial charge on any atom is -0.399 e. The topological polar surface area (TPSA) is 113 Å². The van der Waals surface area contributed by atoms with Crippen LogP contribution in [-0.4, -0.2) is 66.3 Å². The molecule has 0 aromatic heterocycles. The summed E-state index contributed by atoms with van der Waals surface area (Å²) in [6.45, 7) is 4.47. The predicted molar refractivity (Wildman–Crippen MR) is 157 cm³/mol. The summed E-state index contributed by atoms with van der Waals surface area (Å²) >= 11 is 1.40. The predicted octanol–water partition coefficient (Wildman–Crippen LogP) is 3.38. The summed E-state index contributed by atoms with van der Waals surface area (Å²) in [6, 6.07) is 20.1. The van der Waals surface area contributed by atoms with Crippen LogP contribution in [0, 0.1) is 5.92 Å². The van der Waals surface area contributed by atoms with Crippen LogP contribution >= 0.6 is 0 Å². The van der Waals surface area contributed by atoms with Gasteiger partial charge in [0.25, 0.3) is 0 Å². The number of anilines is 1. The maximum atomic E-state index is 13.4. The molecule has 0 bridgehead atoms. The zero-order chi connectivity index (χ0) is 27.7. The first-order chi connectivity index (χ1) is 18.1. The van der Waals surface area contributed by atoms with Gasteiger partial charge in [-0.2, -0.15) is 0 Å². The Hall–Kier alpha value is -2.38. The standard InChI is InChI=1S/C29H40AsN3O4S/c1-21(2)19-33(38(36,37)27-14-12-25(31)13-15-27)26(20-34)9-5-6-16-32-29(35)28(30)18-22-10-11-23-7-3-4-8-24(23)17-22/h3-4,7-8,10-15,17,21,26,28,34H,5-6,9,16,18-20,30-31H2,1-2H3,(H,32,35)/t26-,28-/m0/s1. The monoisotopic (exact) mass is 601 g/mol. The van der Waals surface area contributed by atoms with Crippen molar-refractivity contribution in [1.29, 1.82) is 0 Å². The van der Waals surface area contributed by atoms with Crippen LogP contribution in [0.1, 0.15) is 38.7 Å². The molecule has 0 aliphatic rings. The summed E-state index contributed by atoms with van der Waals surface area (Å²) in [5.74, 6) is 0.127. The maximum absolute atomic E-state index is 13.4. The molecule has 206 valence electrons. The van der Waals surface area contributed by atoms with Gasteiger partial charge < -0.3 is 5.73 Å². The van der Waals surface area contributed by atoms with E-state index >= 15 is 0 Å². The fourth-order valence-corrected chi connectivity index (χ4v) is 7.09. The number of nitrogens with zero attached hydrogens (tertiary/aromatic N) is 1. The molecule has 3 aromatic rings. The fourth-order valence-electron chi connectivity index (χ4n) is 4.46. The van der Waals surface area contributed by atoms with Gasteiger partial charge in [-0.05, 0) is 12.1 Å². The molecule has 3 atom stereocenters. The molecule has 0 aliphatic carbocycles. The molecule has 0 aliphatic heterocycles. The van der Waals surface area contributed by atoms with E-state index < -0.39 is 16.1 Å². The Morgan fingerprint density at radius 1 is 1.03 bits per heavy atom. The number of nitrogen functional groups attached to an aromatic ring is 1. The van der Waals surface area contributed by atoms with E-state index in [0.717, 1.165) is 5.56 Å². The van der Waals surface area contributed by atoms with Crippen LogP contribution in [0.15, 0.2) is 71.6 Å². The van der Waals surface area contributed by atoms with E-state index in [2.05, 4.69) is 35.6 Å². The summed E-state index contributed by atoms with van der Waals surface area (Å²) in [7, 11) is -3.79. The fraction of sp³-hybridized carbons (Fsp3) is 0.414. The van der Waals surface area contributed by atoms with E-state index in [9.17, 15) is 18.3 Å². The number of aliphatic hydroxyl groups is 1. The zero-order valence-corrected chi connectivity index (χ0v) is 25.5. The molecule has 38 heavy (non-hydrogen) atoms. The number of hydrogen-bond donors (Lipinski definition) is 3. The summed E-state index contributed by atoms with van der Waals surface area (Å²) < 4.78 is 28.1. The van der Waals surface area contributed by atoms with Crippen LogP contribution in [0.3, 0.4) is 0 Å². The van der Waals surface area contributed by atoms with Crippen molar-refractivity contribution in [2.75, 3.05) is 25.4 Å². The van der Waals surface area contributed by atoms with Gasteiger partial charge in [-0.25, -0.2) is 0 Å². The van der Waals surface area contributed by atoms with Crippen molar-refractivity contribution in [3.63, 3.8) is 0 Å². The van der Waals surface area contributed by atoms with Crippen molar-refractivity contribution < 1.29 is 18.3 Å². The Morgan fingerprint density at radius 2 is 1.71 bits per heavy atom. The third kappa shape index (κ3) is 8.31. The molecule has 0 saturated heterocycles. The van der Waals surface area contributed by atoms with E-state index in [1.165, 1.54) is 44.1 Å². The molecule has 9 heteroatoms. The van der Waals surface area contributed by atoms with E-state index in [1.54, 1.807) is 12.1 Å². The number of hydrogen-bond acceptors (Lipinski definition) is 5. The third-order valence-corrected chi connectivity index (χ3v) is 9.58.